The van der Waals surface area contributed by atoms with Gasteiger partial charge in [-0.25, -0.2) is 8.78 Å². The van der Waals surface area contributed by atoms with Crippen molar-refractivity contribution in [2.24, 2.45) is 0 Å². The van der Waals surface area contributed by atoms with E-state index in [1.165, 1.54) is 17.7 Å². The van der Waals surface area contributed by atoms with Gasteiger partial charge in [-0.15, -0.1) is 0 Å². The third-order valence-corrected chi connectivity index (χ3v) is 4.88. The van der Waals surface area contributed by atoms with Crippen LogP contribution in [-0.4, -0.2) is 20.3 Å². The summed E-state index contributed by atoms with van der Waals surface area (Å²) in [6, 6.07) is 9.88. The fraction of sp³-hybridized carbons (Fsp3) is 0.391. The summed E-state index contributed by atoms with van der Waals surface area (Å²) in [6.07, 6.45) is 7.79. The Morgan fingerprint density at radius 1 is 0.926 bits per heavy atom. The van der Waals surface area contributed by atoms with E-state index in [1.807, 2.05) is 18.2 Å². The van der Waals surface area contributed by atoms with Gasteiger partial charge in [0.25, 0.3) is 0 Å². The molecule has 144 valence electrons. The molecule has 1 aliphatic carbocycles. The number of benzene rings is 2. The van der Waals surface area contributed by atoms with E-state index in [9.17, 15) is 8.78 Å². The third kappa shape index (κ3) is 5.39. The summed E-state index contributed by atoms with van der Waals surface area (Å²) in [4.78, 5) is 0. The Balaban J connectivity index is 1.68. The Morgan fingerprint density at radius 2 is 1.78 bits per heavy atom. The summed E-state index contributed by atoms with van der Waals surface area (Å²) >= 11 is 0. The van der Waals surface area contributed by atoms with Crippen LogP contribution in [0.15, 0.2) is 36.4 Å². The highest BCUT2D eigenvalue weighted by atomic mass is 19.1. The second kappa shape index (κ2) is 9.65. The molecule has 0 saturated heterocycles. The first-order chi connectivity index (χ1) is 13.2. The lowest BCUT2D eigenvalue weighted by atomic mass is 10.00. The van der Waals surface area contributed by atoms with Crippen LogP contribution in [0.25, 0.3) is 11.6 Å². The first-order valence-corrected chi connectivity index (χ1v) is 9.58. The molecule has 0 spiro atoms. The van der Waals surface area contributed by atoms with Gasteiger partial charge in [0.1, 0.15) is 17.4 Å². The fourth-order valence-corrected chi connectivity index (χ4v) is 3.44. The lowest BCUT2D eigenvalue weighted by molar-refractivity contribution is 0.189. The van der Waals surface area contributed by atoms with E-state index in [1.54, 1.807) is 7.11 Å². The van der Waals surface area contributed by atoms with E-state index >= 15 is 0 Å². The van der Waals surface area contributed by atoms with Gasteiger partial charge < -0.3 is 9.47 Å². The van der Waals surface area contributed by atoms with Crippen LogP contribution < -0.4 is 4.74 Å². The second-order valence-corrected chi connectivity index (χ2v) is 6.91. The largest absolute Gasteiger partial charge is 0.494 e. The van der Waals surface area contributed by atoms with E-state index in [0.717, 1.165) is 68.1 Å². The molecule has 0 N–H and O–H groups in total. The van der Waals surface area contributed by atoms with E-state index in [2.05, 4.69) is 6.07 Å². The molecule has 2 nitrogen and oxygen atoms in total. The van der Waals surface area contributed by atoms with Crippen LogP contribution in [0.4, 0.5) is 8.78 Å². The number of rotatable bonds is 8. The molecule has 0 radical (unpaired) electrons. The van der Waals surface area contributed by atoms with E-state index in [-0.39, 0.29) is 0 Å². The zero-order valence-corrected chi connectivity index (χ0v) is 15.8. The quantitative estimate of drug-likeness (QED) is 0.526. The van der Waals surface area contributed by atoms with E-state index in [0.29, 0.717) is 12.2 Å². The minimum Gasteiger partial charge on any atom is -0.494 e. The van der Waals surface area contributed by atoms with Gasteiger partial charge in [0, 0.05) is 25.3 Å². The summed E-state index contributed by atoms with van der Waals surface area (Å²) in [5.74, 6) is -0.168. The fourth-order valence-electron chi connectivity index (χ4n) is 3.44. The molecular formula is C23H26F2O2. The highest BCUT2D eigenvalue weighted by molar-refractivity contribution is 5.83. The zero-order valence-electron chi connectivity index (χ0n) is 15.8. The SMILES string of the molecule is COCCCCCOc1ccc2c(c1)CCCC(c1ccc(F)cc1F)=C2. The first kappa shape index (κ1) is 19.6. The minimum absolute atomic E-state index is 0.487. The molecule has 0 aromatic heterocycles. The molecule has 0 aliphatic heterocycles. The molecule has 0 atom stereocenters. The Kier molecular flexibility index (Phi) is 6.99. The maximum atomic E-state index is 14.1. The van der Waals surface area contributed by atoms with Crippen LogP contribution in [0.3, 0.4) is 0 Å². The van der Waals surface area contributed by atoms with Crippen molar-refractivity contribution in [3.63, 3.8) is 0 Å². The standard InChI is InChI=1S/C23H26F2O2/c1-26-12-3-2-4-13-27-21-10-8-18-14-19(7-5-6-17(18)15-21)22-11-9-20(24)16-23(22)25/h8-11,14-16H,2-7,12-13H2,1H3. The number of aryl methyl sites for hydroxylation is 1. The van der Waals surface area contributed by atoms with Gasteiger partial charge in [-0.3, -0.25) is 0 Å². The summed E-state index contributed by atoms with van der Waals surface area (Å²) in [7, 11) is 1.72. The van der Waals surface area contributed by atoms with Gasteiger partial charge in [-0.2, -0.15) is 0 Å². The second-order valence-electron chi connectivity index (χ2n) is 6.91. The lowest BCUT2D eigenvalue weighted by Crippen LogP contribution is -1.99. The molecule has 4 heteroatoms. The molecular weight excluding hydrogens is 346 g/mol. The molecule has 2 aromatic carbocycles. The molecule has 0 saturated carbocycles. The van der Waals surface area contributed by atoms with Crippen molar-refractivity contribution in [2.45, 2.75) is 38.5 Å². The Morgan fingerprint density at radius 3 is 2.59 bits per heavy atom. The van der Waals surface area contributed by atoms with Gasteiger partial charge in [0.2, 0.25) is 0 Å². The van der Waals surface area contributed by atoms with Crippen molar-refractivity contribution in [3.8, 4) is 5.75 Å². The van der Waals surface area contributed by atoms with Crippen LogP contribution in [0.1, 0.15) is 48.8 Å². The molecule has 0 fully saturated rings. The number of allylic oxidation sites excluding steroid dienone is 1. The van der Waals surface area contributed by atoms with Crippen LogP contribution >= 0.6 is 0 Å². The summed E-state index contributed by atoms with van der Waals surface area (Å²) in [5.41, 5.74) is 3.70. The predicted molar refractivity (Wildman–Crippen MR) is 105 cm³/mol. The van der Waals surface area contributed by atoms with Crippen LogP contribution in [0.5, 0.6) is 5.75 Å². The number of hydrogen-bond acceptors (Lipinski definition) is 2. The van der Waals surface area contributed by atoms with Crippen molar-refractivity contribution < 1.29 is 18.3 Å². The van der Waals surface area contributed by atoms with Crippen molar-refractivity contribution in [1.29, 1.82) is 0 Å². The van der Waals surface area contributed by atoms with Crippen LogP contribution in [-0.2, 0) is 11.2 Å². The number of hydrogen-bond donors (Lipinski definition) is 0. The summed E-state index contributed by atoms with van der Waals surface area (Å²) in [6.45, 7) is 1.49. The van der Waals surface area contributed by atoms with Crippen molar-refractivity contribution in [1.82, 2.24) is 0 Å². The normalized spacial score (nSPS) is 13.7. The number of methoxy groups -OCH3 is 1. The molecule has 2 aromatic rings. The smallest absolute Gasteiger partial charge is 0.133 e. The molecule has 1 aliphatic rings. The Bertz CT molecular complexity index is 799. The molecule has 0 amide bonds. The maximum absolute atomic E-state index is 14.1. The number of unbranched alkanes of at least 4 members (excludes halogenated alkanes) is 2. The topological polar surface area (TPSA) is 18.5 Å². The lowest BCUT2D eigenvalue weighted by Gasteiger charge is -2.10. The first-order valence-electron chi connectivity index (χ1n) is 9.58. The van der Waals surface area contributed by atoms with Gasteiger partial charge in [-0.05, 0) is 79.5 Å². The maximum Gasteiger partial charge on any atom is 0.133 e. The zero-order chi connectivity index (χ0) is 19.1. The number of ether oxygens (including phenoxy) is 2. The van der Waals surface area contributed by atoms with E-state index in [4.69, 9.17) is 9.47 Å². The summed E-state index contributed by atoms with van der Waals surface area (Å²) < 4.78 is 38.3. The Labute approximate surface area is 159 Å². The highest BCUT2D eigenvalue weighted by Gasteiger charge is 2.14. The van der Waals surface area contributed by atoms with Crippen molar-refractivity contribution in [2.75, 3.05) is 20.3 Å². The van der Waals surface area contributed by atoms with Crippen molar-refractivity contribution >= 4 is 11.6 Å². The molecule has 0 bridgehead atoms. The number of halogens is 2. The summed E-state index contributed by atoms with van der Waals surface area (Å²) in [5, 5.41) is 0. The predicted octanol–water partition coefficient (Wildman–Crippen LogP) is 6.04. The van der Waals surface area contributed by atoms with Crippen LogP contribution in [0, 0.1) is 11.6 Å². The number of fused-ring (bicyclic) bond motifs is 1. The van der Waals surface area contributed by atoms with Gasteiger partial charge in [-0.1, -0.05) is 12.1 Å². The third-order valence-electron chi connectivity index (χ3n) is 4.88. The van der Waals surface area contributed by atoms with Gasteiger partial charge in [0.05, 0.1) is 6.61 Å². The average molecular weight is 372 g/mol. The van der Waals surface area contributed by atoms with Gasteiger partial charge in [0.15, 0.2) is 0 Å². The Hall–Kier alpha value is -2.20. The average Bonchev–Trinajstić information content (AvgIpc) is 2.86. The molecule has 27 heavy (non-hydrogen) atoms. The van der Waals surface area contributed by atoms with E-state index < -0.39 is 11.6 Å². The highest BCUT2D eigenvalue weighted by Crippen LogP contribution is 2.32. The van der Waals surface area contributed by atoms with Crippen molar-refractivity contribution in [3.05, 3.63) is 64.7 Å². The van der Waals surface area contributed by atoms with Crippen LogP contribution in [0.2, 0.25) is 0 Å². The minimum atomic E-state index is -0.546. The monoisotopic (exact) mass is 372 g/mol. The molecule has 0 unspecified atom stereocenters. The molecule has 0 heterocycles. The van der Waals surface area contributed by atoms with Gasteiger partial charge >= 0.3 is 0 Å². The molecule has 3 rings (SSSR count).